The Labute approximate surface area is 83.0 Å². The molecular weight excluding hydrogens is 184 g/mol. The molecule has 0 amide bonds. The molecule has 0 radical (unpaired) electrons. The van der Waals surface area contributed by atoms with Gasteiger partial charge in [0, 0.05) is 11.3 Å². The lowest BCUT2D eigenvalue weighted by molar-refractivity contribution is 1.25. The van der Waals surface area contributed by atoms with Gasteiger partial charge in [0.1, 0.15) is 0 Å². The van der Waals surface area contributed by atoms with E-state index in [1.54, 1.807) is 11.3 Å². The topological polar surface area (TPSA) is 0 Å². The van der Waals surface area contributed by atoms with Crippen LogP contribution in [0.1, 0.15) is 11.8 Å². The van der Waals surface area contributed by atoms with Crippen LogP contribution in [0.4, 0.5) is 0 Å². The Bertz CT molecular complexity index is 268. The van der Waals surface area contributed by atoms with Gasteiger partial charge in [0.05, 0.1) is 0 Å². The van der Waals surface area contributed by atoms with Crippen LogP contribution in [0, 0.1) is 0 Å². The van der Waals surface area contributed by atoms with Crippen molar-refractivity contribution >= 4 is 24.0 Å². The molecule has 0 saturated carbocycles. The molecule has 0 aliphatic rings. The van der Waals surface area contributed by atoms with Crippen molar-refractivity contribution in [2.75, 3.05) is 0 Å². The fourth-order valence-corrected chi connectivity index (χ4v) is 1.89. The lowest BCUT2D eigenvalue weighted by atomic mass is 10.2. The van der Waals surface area contributed by atoms with Gasteiger partial charge >= 0.3 is 0 Å². The Morgan fingerprint density at radius 2 is 2.50 bits per heavy atom. The van der Waals surface area contributed by atoms with Crippen LogP contribution in [0.15, 0.2) is 40.6 Å². The second kappa shape index (κ2) is 5.22. The highest BCUT2D eigenvalue weighted by Crippen LogP contribution is 2.15. The van der Waals surface area contributed by atoms with Crippen LogP contribution in [-0.2, 0) is 6.42 Å². The summed E-state index contributed by atoms with van der Waals surface area (Å²) in [6.07, 6.45) is 5.12. The maximum absolute atomic E-state index is 4.15. The van der Waals surface area contributed by atoms with Gasteiger partial charge in [-0.15, -0.1) is 11.3 Å². The Kier molecular flexibility index (Phi) is 4.19. The van der Waals surface area contributed by atoms with Gasteiger partial charge in [-0.3, -0.25) is 0 Å². The van der Waals surface area contributed by atoms with Crippen LogP contribution in [0.5, 0.6) is 0 Å². The summed E-state index contributed by atoms with van der Waals surface area (Å²) >= 11 is 5.94. The first-order chi connectivity index (χ1) is 5.86. The van der Waals surface area contributed by atoms with Gasteiger partial charge in [0.15, 0.2) is 0 Å². The average molecular weight is 196 g/mol. The molecule has 64 valence electrons. The van der Waals surface area contributed by atoms with Crippen molar-refractivity contribution in [2.45, 2.75) is 13.3 Å². The van der Waals surface area contributed by atoms with Gasteiger partial charge in [0.25, 0.3) is 0 Å². The van der Waals surface area contributed by atoms with Gasteiger partial charge in [-0.2, -0.15) is 12.6 Å². The number of allylic oxidation sites excluding steroid dienone is 3. The minimum absolute atomic E-state index is 0.992. The molecule has 12 heavy (non-hydrogen) atoms. The molecule has 0 aromatic carbocycles. The highest BCUT2D eigenvalue weighted by Gasteiger charge is 1.95. The van der Waals surface area contributed by atoms with Crippen molar-refractivity contribution in [1.82, 2.24) is 0 Å². The summed E-state index contributed by atoms with van der Waals surface area (Å²) in [5, 5.41) is 3.96. The van der Waals surface area contributed by atoms with Crippen molar-refractivity contribution in [3.8, 4) is 0 Å². The lowest BCUT2D eigenvalue weighted by Crippen LogP contribution is -1.81. The van der Waals surface area contributed by atoms with E-state index in [2.05, 4.69) is 36.2 Å². The van der Waals surface area contributed by atoms with E-state index in [1.807, 2.05) is 18.4 Å². The zero-order valence-electron chi connectivity index (χ0n) is 7.03. The summed E-state index contributed by atoms with van der Waals surface area (Å²) in [6, 6.07) is 4.22. The molecular formula is C10H12S2. The van der Waals surface area contributed by atoms with E-state index < -0.39 is 0 Å². The van der Waals surface area contributed by atoms with Gasteiger partial charge in [-0.25, -0.2) is 0 Å². The number of thiol groups is 1. The Balaban J connectivity index is 2.61. The quantitative estimate of drug-likeness (QED) is 0.553. The molecule has 1 aromatic rings. The molecule has 0 N–H and O–H groups in total. The van der Waals surface area contributed by atoms with Gasteiger partial charge < -0.3 is 0 Å². The molecule has 2 heteroatoms. The number of hydrogen-bond donors (Lipinski definition) is 1. The molecule has 0 spiro atoms. The van der Waals surface area contributed by atoms with Crippen molar-refractivity contribution in [3.63, 3.8) is 0 Å². The number of hydrogen-bond acceptors (Lipinski definition) is 2. The van der Waals surface area contributed by atoms with Crippen molar-refractivity contribution in [3.05, 3.63) is 45.5 Å². The van der Waals surface area contributed by atoms with Gasteiger partial charge in [-0.1, -0.05) is 18.2 Å². The Morgan fingerprint density at radius 3 is 3.00 bits per heavy atom. The third kappa shape index (κ3) is 2.88. The number of rotatable bonds is 3. The molecule has 1 heterocycles. The third-order valence-corrected chi connectivity index (χ3v) is 2.71. The predicted molar refractivity (Wildman–Crippen MR) is 59.9 cm³/mol. The predicted octanol–water partition coefficient (Wildman–Crippen LogP) is 3.68. The molecule has 0 nitrogen and oxygen atoms in total. The summed E-state index contributed by atoms with van der Waals surface area (Å²) in [5.41, 5.74) is 1.25. The smallest absolute Gasteiger partial charge is 0.00892 e. The lowest BCUT2D eigenvalue weighted by Gasteiger charge is -1.96. The fraction of sp³-hybridized carbons (Fsp3) is 0.200. The first-order valence-corrected chi connectivity index (χ1v) is 5.24. The van der Waals surface area contributed by atoms with Gasteiger partial charge in [-0.05, 0) is 29.4 Å². The van der Waals surface area contributed by atoms with Crippen LogP contribution in [-0.4, -0.2) is 0 Å². The minimum atomic E-state index is 0.992. The zero-order chi connectivity index (χ0) is 8.81. The van der Waals surface area contributed by atoms with Crippen LogP contribution in [0.3, 0.4) is 0 Å². The second-order valence-electron chi connectivity index (χ2n) is 2.46. The summed E-state index contributed by atoms with van der Waals surface area (Å²) in [4.78, 5) is 1.38. The molecule has 0 atom stereocenters. The molecule has 0 unspecified atom stereocenters. The molecule has 1 aromatic heterocycles. The SMILES string of the molecule is C/C=C/C(=C\S)Cc1cccs1. The first kappa shape index (κ1) is 9.62. The highest BCUT2D eigenvalue weighted by molar-refractivity contribution is 7.83. The molecule has 1 rings (SSSR count). The average Bonchev–Trinajstić information content (AvgIpc) is 2.56. The summed E-state index contributed by atoms with van der Waals surface area (Å²) in [6.45, 7) is 2.02. The summed E-state index contributed by atoms with van der Waals surface area (Å²) < 4.78 is 0. The molecule has 0 bridgehead atoms. The first-order valence-electron chi connectivity index (χ1n) is 3.85. The van der Waals surface area contributed by atoms with E-state index >= 15 is 0 Å². The summed E-state index contributed by atoms with van der Waals surface area (Å²) in [5.74, 6) is 0. The monoisotopic (exact) mass is 196 g/mol. The Morgan fingerprint density at radius 1 is 1.67 bits per heavy atom. The second-order valence-corrected chi connectivity index (χ2v) is 3.75. The Hall–Kier alpha value is -0.470. The highest BCUT2D eigenvalue weighted by atomic mass is 32.1. The molecule has 0 aliphatic heterocycles. The van der Waals surface area contributed by atoms with Crippen molar-refractivity contribution in [1.29, 1.82) is 0 Å². The maximum Gasteiger partial charge on any atom is 0.00892 e. The molecule has 0 fully saturated rings. The van der Waals surface area contributed by atoms with E-state index in [0.29, 0.717) is 0 Å². The van der Waals surface area contributed by atoms with E-state index in [9.17, 15) is 0 Å². The van der Waals surface area contributed by atoms with E-state index in [-0.39, 0.29) is 0 Å². The van der Waals surface area contributed by atoms with Crippen LogP contribution >= 0.6 is 24.0 Å². The zero-order valence-corrected chi connectivity index (χ0v) is 8.74. The fourth-order valence-electron chi connectivity index (χ4n) is 0.976. The normalized spacial score (nSPS) is 12.7. The maximum atomic E-state index is 4.15. The standard InChI is InChI=1S/C10H12S2/c1-2-4-9(8-11)7-10-5-3-6-12-10/h2-6,8,11H,7H2,1H3/b4-2+,9-8+. The van der Waals surface area contributed by atoms with E-state index in [4.69, 9.17) is 0 Å². The van der Waals surface area contributed by atoms with E-state index in [0.717, 1.165) is 6.42 Å². The van der Waals surface area contributed by atoms with Crippen LogP contribution in [0.2, 0.25) is 0 Å². The van der Waals surface area contributed by atoms with Crippen molar-refractivity contribution in [2.24, 2.45) is 0 Å². The molecule has 0 saturated heterocycles. The minimum Gasteiger partial charge on any atom is -0.151 e. The summed E-state index contributed by atoms with van der Waals surface area (Å²) in [7, 11) is 0. The molecule has 0 aliphatic carbocycles. The third-order valence-electron chi connectivity index (χ3n) is 1.51. The number of thiophene rings is 1. The van der Waals surface area contributed by atoms with Gasteiger partial charge in [0.2, 0.25) is 0 Å². The largest absolute Gasteiger partial charge is 0.151 e. The van der Waals surface area contributed by atoms with E-state index in [1.165, 1.54) is 10.5 Å². The van der Waals surface area contributed by atoms with Crippen LogP contribution < -0.4 is 0 Å². The van der Waals surface area contributed by atoms with Crippen molar-refractivity contribution < 1.29 is 0 Å². The van der Waals surface area contributed by atoms with Crippen LogP contribution in [0.25, 0.3) is 0 Å².